The van der Waals surface area contributed by atoms with E-state index in [9.17, 15) is 34.1 Å². The predicted octanol–water partition coefficient (Wildman–Crippen LogP) is 0.665. The van der Waals surface area contributed by atoms with Crippen molar-refractivity contribution in [2.45, 2.75) is 65.1 Å². The first kappa shape index (κ1) is 35.1. The molecule has 0 aromatic heterocycles. The molecule has 0 spiro atoms. The van der Waals surface area contributed by atoms with Crippen LogP contribution in [0.3, 0.4) is 0 Å². The molecule has 4 amide bonds. The Balaban J connectivity index is 1.54. The summed E-state index contributed by atoms with van der Waals surface area (Å²) in [6, 6.07) is 4.56. The Kier molecular flexibility index (Phi) is 11.0. The van der Waals surface area contributed by atoms with Crippen LogP contribution in [-0.2, 0) is 25.5 Å². The van der Waals surface area contributed by atoms with Crippen molar-refractivity contribution in [2.75, 3.05) is 39.3 Å². The van der Waals surface area contributed by atoms with Gasteiger partial charge in [0.05, 0.1) is 24.6 Å². The number of aromatic carboxylic acids is 1. The van der Waals surface area contributed by atoms with Gasteiger partial charge in [-0.15, -0.1) is 0 Å². The number of carbonyl (C=O) groups is 5. The molecule has 17 heteroatoms. The zero-order valence-electron chi connectivity index (χ0n) is 26.3. The van der Waals surface area contributed by atoms with Gasteiger partial charge in [0.15, 0.2) is 0 Å². The molecule has 0 saturated carbocycles. The van der Waals surface area contributed by atoms with E-state index in [1.165, 1.54) is 11.0 Å². The van der Waals surface area contributed by atoms with Gasteiger partial charge in [-0.1, -0.05) is 12.1 Å². The van der Waals surface area contributed by atoms with Gasteiger partial charge in [0, 0.05) is 26.2 Å². The van der Waals surface area contributed by atoms with E-state index in [0.29, 0.717) is 12.1 Å². The topological polar surface area (TPSA) is 211 Å². The summed E-state index contributed by atoms with van der Waals surface area (Å²) < 4.78 is 16.0. The van der Waals surface area contributed by atoms with Crippen LogP contribution in [0.4, 0.5) is 9.59 Å². The Bertz CT molecular complexity index is 1330. The van der Waals surface area contributed by atoms with E-state index < -0.39 is 54.3 Å². The van der Waals surface area contributed by atoms with Crippen molar-refractivity contribution in [1.29, 1.82) is 5.41 Å². The van der Waals surface area contributed by atoms with Gasteiger partial charge in [0.25, 0.3) is 0 Å². The molecule has 16 nitrogen and oxygen atoms in total. The SMILES string of the molecule is CC(C)(C)OC(=O)NC(=N)N(CCN1CCN(CC(=O)NC2Cc3cccc(C(=O)O)c3OB2O)C(=O)C1)C(=O)OC(C)(C)C. The molecule has 45 heavy (non-hydrogen) atoms. The fraction of sp³-hybridized carbons (Fsp3) is 0.571. The molecule has 1 unspecified atom stereocenters. The predicted molar refractivity (Wildman–Crippen MR) is 161 cm³/mol. The second-order valence-electron chi connectivity index (χ2n) is 12.7. The number of nitrogens with zero attached hydrogens (tertiary/aromatic N) is 3. The number of para-hydroxylation sites is 1. The van der Waals surface area contributed by atoms with Crippen LogP contribution >= 0.6 is 0 Å². The number of alkyl carbamates (subject to hydrolysis) is 1. The van der Waals surface area contributed by atoms with Crippen LogP contribution in [0.25, 0.3) is 0 Å². The number of rotatable bonds is 7. The van der Waals surface area contributed by atoms with Crippen LogP contribution < -0.4 is 15.3 Å². The lowest BCUT2D eigenvalue weighted by Crippen LogP contribution is -2.58. The van der Waals surface area contributed by atoms with Crippen LogP contribution in [0, 0.1) is 5.41 Å². The van der Waals surface area contributed by atoms with E-state index in [1.54, 1.807) is 58.6 Å². The van der Waals surface area contributed by atoms with Crippen molar-refractivity contribution < 1.29 is 48.2 Å². The summed E-state index contributed by atoms with van der Waals surface area (Å²) >= 11 is 0. The van der Waals surface area contributed by atoms with Gasteiger partial charge in [0.1, 0.15) is 17.0 Å². The average molecular weight is 632 g/mol. The van der Waals surface area contributed by atoms with Crippen LogP contribution in [0.5, 0.6) is 5.75 Å². The molecular weight excluding hydrogens is 591 g/mol. The minimum absolute atomic E-state index is 0.0512. The zero-order valence-corrected chi connectivity index (χ0v) is 26.3. The third-order valence-corrected chi connectivity index (χ3v) is 6.57. The Morgan fingerprint density at radius 2 is 1.78 bits per heavy atom. The fourth-order valence-corrected chi connectivity index (χ4v) is 4.58. The number of fused-ring (bicyclic) bond motifs is 1. The summed E-state index contributed by atoms with van der Waals surface area (Å²) in [6.45, 7) is 10.3. The minimum Gasteiger partial charge on any atom is -0.534 e. The summed E-state index contributed by atoms with van der Waals surface area (Å²) in [7, 11) is -1.48. The van der Waals surface area contributed by atoms with Gasteiger partial charge in [-0.2, -0.15) is 0 Å². The van der Waals surface area contributed by atoms with Gasteiger partial charge >= 0.3 is 25.3 Å². The number of guanidine groups is 1. The van der Waals surface area contributed by atoms with Crippen LogP contribution in [0.1, 0.15) is 57.5 Å². The fourth-order valence-electron chi connectivity index (χ4n) is 4.58. The van der Waals surface area contributed by atoms with E-state index in [-0.39, 0.29) is 56.4 Å². The molecule has 2 heterocycles. The van der Waals surface area contributed by atoms with Crippen LogP contribution in [0.2, 0.25) is 0 Å². The summed E-state index contributed by atoms with van der Waals surface area (Å²) in [5.41, 5.74) is -1.26. The van der Waals surface area contributed by atoms with Crippen molar-refractivity contribution >= 4 is 43.0 Å². The first-order valence-corrected chi connectivity index (χ1v) is 14.4. The second kappa shape index (κ2) is 14.2. The highest BCUT2D eigenvalue weighted by Crippen LogP contribution is 2.30. The molecule has 2 aliphatic rings. The number of benzene rings is 1. The molecule has 3 rings (SSSR count). The lowest BCUT2D eigenvalue weighted by Gasteiger charge is -2.35. The third-order valence-electron chi connectivity index (χ3n) is 6.57. The largest absolute Gasteiger partial charge is 0.547 e. The molecule has 5 N–H and O–H groups in total. The summed E-state index contributed by atoms with van der Waals surface area (Å²) in [5, 5.41) is 33.0. The maximum atomic E-state index is 12.9. The molecule has 1 fully saturated rings. The third kappa shape index (κ3) is 10.3. The average Bonchev–Trinajstić information content (AvgIpc) is 2.88. The van der Waals surface area contributed by atoms with E-state index in [2.05, 4.69) is 10.6 Å². The Labute approximate surface area is 261 Å². The zero-order chi connectivity index (χ0) is 33.7. The van der Waals surface area contributed by atoms with Gasteiger partial charge in [-0.25, -0.2) is 19.3 Å². The number of carboxylic acids is 1. The number of ether oxygens (including phenoxy) is 2. The van der Waals surface area contributed by atoms with Crippen LogP contribution in [-0.4, -0.2) is 124 Å². The lowest BCUT2D eigenvalue weighted by atomic mass is 9.72. The molecule has 1 saturated heterocycles. The van der Waals surface area contributed by atoms with Gasteiger partial charge < -0.3 is 34.5 Å². The smallest absolute Gasteiger partial charge is 0.534 e. The number of hydrogen-bond acceptors (Lipinski definition) is 11. The van der Waals surface area contributed by atoms with E-state index >= 15 is 0 Å². The van der Waals surface area contributed by atoms with Crippen molar-refractivity contribution in [1.82, 2.24) is 25.3 Å². The highest BCUT2D eigenvalue weighted by molar-refractivity contribution is 6.47. The number of carbonyl (C=O) groups excluding carboxylic acids is 4. The minimum atomic E-state index is -1.48. The maximum absolute atomic E-state index is 12.9. The number of carboxylic acid groups (broad SMARTS) is 1. The van der Waals surface area contributed by atoms with Gasteiger partial charge in [-0.3, -0.25) is 25.2 Å². The number of amides is 4. The monoisotopic (exact) mass is 632 g/mol. The molecule has 1 atom stereocenters. The van der Waals surface area contributed by atoms with Gasteiger partial charge in [-0.05, 0) is 59.6 Å². The molecule has 0 bridgehead atoms. The highest BCUT2D eigenvalue weighted by atomic mass is 16.6. The first-order chi connectivity index (χ1) is 20.8. The normalized spacial score (nSPS) is 17.0. The molecule has 1 aromatic rings. The van der Waals surface area contributed by atoms with Crippen molar-refractivity contribution in [3.8, 4) is 5.75 Å². The molecule has 2 aliphatic heterocycles. The molecule has 246 valence electrons. The lowest BCUT2D eigenvalue weighted by molar-refractivity contribution is -0.140. The number of hydrogen-bond donors (Lipinski definition) is 5. The number of piperazine rings is 1. The van der Waals surface area contributed by atoms with Crippen molar-refractivity contribution in [3.05, 3.63) is 29.3 Å². The molecular formula is C28H41BN6O10. The number of nitrogens with one attached hydrogen (secondary N) is 3. The quantitative estimate of drug-likeness (QED) is 0.160. The first-order valence-electron chi connectivity index (χ1n) is 14.4. The Hall–Kier alpha value is -4.38. The maximum Gasteiger partial charge on any atom is 0.547 e. The summed E-state index contributed by atoms with van der Waals surface area (Å²) in [5.74, 6) is -3.42. The summed E-state index contributed by atoms with van der Waals surface area (Å²) in [6.07, 6.45) is -1.64. The highest BCUT2D eigenvalue weighted by Gasteiger charge is 2.38. The van der Waals surface area contributed by atoms with Crippen molar-refractivity contribution in [2.24, 2.45) is 0 Å². The summed E-state index contributed by atoms with van der Waals surface area (Å²) in [4.78, 5) is 66.2. The standard InChI is InChI=1S/C28H41BN6O10/c1-27(2,3)43-25(40)32-24(30)35(26(41)44-28(4,5)6)13-11-33-10-12-34(21(37)16-33)15-20(36)31-19-14-17-8-7-9-18(23(38)39)22(17)45-29(19)42/h7-9,19,42H,10-16H2,1-6H3,(H,31,36)(H,38,39)(H2,30,32,40). The molecule has 0 aliphatic carbocycles. The van der Waals surface area contributed by atoms with E-state index in [4.69, 9.17) is 19.5 Å². The van der Waals surface area contributed by atoms with E-state index in [0.717, 1.165) is 4.90 Å². The Morgan fingerprint density at radius 1 is 1.11 bits per heavy atom. The van der Waals surface area contributed by atoms with Crippen LogP contribution in [0.15, 0.2) is 18.2 Å². The second-order valence-corrected chi connectivity index (χ2v) is 12.7. The van der Waals surface area contributed by atoms with Crippen molar-refractivity contribution in [3.63, 3.8) is 0 Å². The molecule has 0 radical (unpaired) electrons. The van der Waals surface area contributed by atoms with E-state index in [1.807, 2.05) is 0 Å². The molecule has 1 aromatic carbocycles. The Morgan fingerprint density at radius 3 is 2.38 bits per heavy atom. The van der Waals surface area contributed by atoms with Gasteiger partial charge in [0.2, 0.25) is 17.8 Å².